The molecule has 1 heterocycles. The van der Waals surface area contributed by atoms with E-state index in [4.69, 9.17) is 0 Å². The van der Waals surface area contributed by atoms with Crippen LogP contribution in [0.4, 0.5) is 5.69 Å². The third-order valence-electron chi connectivity index (χ3n) is 3.82. The van der Waals surface area contributed by atoms with Gasteiger partial charge < -0.3 is 5.32 Å². The molecule has 0 saturated carbocycles. The van der Waals surface area contributed by atoms with Crippen molar-refractivity contribution in [1.29, 1.82) is 0 Å². The van der Waals surface area contributed by atoms with E-state index in [1.165, 1.54) is 36.4 Å². The quantitative estimate of drug-likeness (QED) is 0.358. The summed E-state index contributed by atoms with van der Waals surface area (Å²) in [7, 11) is 0. The molecule has 2 N–H and O–H groups in total. The highest BCUT2D eigenvalue weighted by Gasteiger charge is 2.31. The van der Waals surface area contributed by atoms with Crippen LogP contribution in [0.1, 0.15) is 27.1 Å². The lowest BCUT2D eigenvalue weighted by molar-refractivity contribution is -0.508. The van der Waals surface area contributed by atoms with Crippen LogP contribution < -0.4 is 10.6 Å². The average molecular weight is 341 g/mol. The molecule has 126 valence electrons. The number of fused-ring (bicyclic) bond motifs is 1. The second kappa shape index (κ2) is 6.11. The van der Waals surface area contributed by atoms with Crippen molar-refractivity contribution in [3.05, 3.63) is 63.2 Å². The molecule has 1 aliphatic carbocycles. The minimum Gasteiger partial charge on any atom is -0.322 e. The van der Waals surface area contributed by atoms with Gasteiger partial charge in [-0.25, -0.2) is 0 Å². The fraction of sp³-hybridized carbons (Fsp3) is 0.125. The number of allylic oxidation sites excluding steroid dienone is 2. The summed E-state index contributed by atoms with van der Waals surface area (Å²) in [5.74, 6) is -3.16. The van der Waals surface area contributed by atoms with Crippen LogP contribution in [0, 0.1) is 10.1 Å². The Morgan fingerprint density at radius 2 is 1.96 bits per heavy atom. The zero-order valence-electron chi connectivity index (χ0n) is 12.6. The first-order chi connectivity index (χ1) is 11.9. The molecule has 0 fully saturated rings. The van der Waals surface area contributed by atoms with Crippen LogP contribution >= 0.6 is 0 Å². The monoisotopic (exact) mass is 341 g/mol. The van der Waals surface area contributed by atoms with E-state index in [0.29, 0.717) is 0 Å². The molecule has 25 heavy (non-hydrogen) atoms. The predicted molar refractivity (Wildman–Crippen MR) is 84.5 cm³/mol. The molecule has 1 unspecified atom stereocenters. The van der Waals surface area contributed by atoms with Gasteiger partial charge in [-0.1, -0.05) is 12.2 Å². The van der Waals surface area contributed by atoms with Crippen molar-refractivity contribution in [2.75, 3.05) is 5.32 Å². The maximum Gasteiger partial charge on any atom is 0.299 e. The number of ketones is 1. The number of rotatable bonds is 3. The number of benzene rings is 1. The van der Waals surface area contributed by atoms with Gasteiger partial charge in [0.2, 0.25) is 6.04 Å². The Labute approximate surface area is 140 Å². The van der Waals surface area contributed by atoms with Crippen LogP contribution in [0.25, 0.3) is 0 Å². The summed E-state index contributed by atoms with van der Waals surface area (Å²) in [4.78, 5) is 57.5. The summed E-state index contributed by atoms with van der Waals surface area (Å²) in [6, 6.07) is 2.98. The first kappa shape index (κ1) is 16.2. The van der Waals surface area contributed by atoms with Crippen LogP contribution in [-0.2, 0) is 9.59 Å². The summed E-state index contributed by atoms with van der Waals surface area (Å²) in [6.45, 7) is 0. The molecule has 0 spiro atoms. The molecular weight excluding hydrogens is 330 g/mol. The molecule has 0 bridgehead atoms. The number of carbonyl (C=O) groups excluding carboxylic acids is 4. The molecule has 1 aliphatic heterocycles. The Balaban J connectivity index is 1.81. The Morgan fingerprint density at radius 1 is 1.20 bits per heavy atom. The maximum atomic E-state index is 12.2. The number of carbonyl (C=O) groups is 4. The summed E-state index contributed by atoms with van der Waals surface area (Å²) >= 11 is 0. The molecule has 2 aliphatic rings. The lowest BCUT2D eigenvalue weighted by Crippen LogP contribution is -2.42. The number of nitro groups is 1. The standard InChI is InChI=1S/C16H11N3O6/c20-13-12-7-9(4-5-11(12)15(22)18-16(13)23)17-14(21)8-2-1-3-10(6-8)19(24)25/h1-5,7,10H,6H2,(H,17,21)(H,18,22,23). The molecule has 1 aromatic rings. The predicted octanol–water partition coefficient (Wildman–Crippen LogP) is 0.609. The van der Waals surface area contributed by atoms with Crippen LogP contribution in [-0.4, -0.2) is 34.5 Å². The number of Topliss-reactive ketones (excluding diaryl/α,β-unsaturated/α-hetero) is 1. The van der Waals surface area contributed by atoms with Crippen molar-refractivity contribution in [1.82, 2.24) is 5.32 Å². The summed E-state index contributed by atoms with van der Waals surface area (Å²) in [6.07, 6.45) is 4.24. The SMILES string of the molecule is O=C1NC(=O)c2ccc(NC(=O)C3=CC=CC([N+](=O)[O-])C3)cc2C1=O. The van der Waals surface area contributed by atoms with Crippen molar-refractivity contribution in [3.8, 4) is 0 Å². The van der Waals surface area contributed by atoms with Crippen molar-refractivity contribution in [2.45, 2.75) is 12.5 Å². The average Bonchev–Trinajstić information content (AvgIpc) is 2.59. The molecule has 0 radical (unpaired) electrons. The Hall–Kier alpha value is -3.62. The number of nitrogens with one attached hydrogen (secondary N) is 2. The second-order valence-corrected chi connectivity index (χ2v) is 5.46. The van der Waals surface area contributed by atoms with Crippen molar-refractivity contribution >= 4 is 29.2 Å². The van der Waals surface area contributed by atoms with Gasteiger partial charge >= 0.3 is 0 Å². The summed E-state index contributed by atoms with van der Waals surface area (Å²) < 4.78 is 0. The number of nitrogens with zero attached hydrogens (tertiary/aromatic N) is 1. The normalized spacial score (nSPS) is 19.0. The number of amides is 3. The third-order valence-corrected chi connectivity index (χ3v) is 3.82. The highest BCUT2D eigenvalue weighted by Crippen LogP contribution is 2.22. The van der Waals surface area contributed by atoms with Gasteiger partial charge in [-0.3, -0.25) is 34.6 Å². The largest absolute Gasteiger partial charge is 0.322 e. The van der Waals surface area contributed by atoms with E-state index in [0.717, 1.165) is 0 Å². The first-order valence-electron chi connectivity index (χ1n) is 7.23. The van der Waals surface area contributed by atoms with E-state index in [1.54, 1.807) is 0 Å². The fourth-order valence-electron chi connectivity index (χ4n) is 2.54. The van der Waals surface area contributed by atoms with Crippen LogP contribution in [0.2, 0.25) is 0 Å². The smallest absolute Gasteiger partial charge is 0.299 e. The molecular formula is C16H11N3O6. The van der Waals surface area contributed by atoms with Crippen molar-refractivity contribution < 1.29 is 24.1 Å². The van der Waals surface area contributed by atoms with E-state index < -0.39 is 34.5 Å². The maximum absolute atomic E-state index is 12.2. The van der Waals surface area contributed by atoms with Crippen molar-refractivity contribution in [3.63, 3.8) is 0 Å². The second-order valence-electron chi connectivity index (χ2n) is 5.46. The Morgan fingerprint density at radius 3 is 2.68 bits per heavy atom. The summed E-state index contributed by atoms with van der Waals surface area (Å²) in [5, 5.41) is 15.3. The van der Waals surface area contributed by atoms with E-state index in [2.05, 4.69) is 5.32 Å². The molecule has 0 saturated heterocycles. The first-order valence-corrected chi connectivity index (χ1v) is 7.23. The molecule has 1 atom stereocenters. The van der Waals surface area contributed by atoms with Gasteiger partial charge in [0, 0.05) is 28.2 Å². The van der Waals surface area contributed by atoms with Gasteiger partial charge in [-0.2, -0.15) is 0 Å². The Kier molecular flexibility index (Phi) is 3.97. The minimum absolute atomic E-state index is 0.0378. The molecule has 0 aromatic heterocycles. The third kappa shape index (κ3) is 3.07. The zero-order valence-corrected chi connectivity index (χ0v) is 12.6. The number of anilines is 1. The number of hydrogen-bond acceptors (Lipinski definition) is 6. The van der Waals surface area contributed by atoms with Gasteiger partial charge in [-0.05, 0) is 24.3 Å². The molecule has 9 heteroatoms. The van der Waals surface area contributed by atoms with Crippen LogP contribution in [0.5, 0.6) is 0 Å². The highest BCUT2D eigenvalue weighted by atomic mass is 16.6. The minimum atomic E-state index is -1.03. The van der Waals surface area contributed by atoms with Gasteiger partial charge in [0.15, 0.2) is 0 Å². The molecule has 1 aromatic carbocycles. The summed E-state index contributed by atoms with van der Waals surface area (Å²) in [5.41, 5.74) is 0.345. The van der Waals surface area contributed by atoms with Gasteiger partial charge in [-0.15, -0.1) is 0 Å². The zero-order chi connectivity index (χ0) is 18.1. The van der Waals surface area contributed by atoms with E-state index in [-0.39, 0.29) is 28.8 Å². The highest BCUT2D eigenvalue weighted by molar-refractivity contribution is 6.49. The van der Waals surface area contributed by atoms with Crippen LogP contribution in [0.15, 0.2) is 42.0 Å². The van der Waals surface area contributed by atoms with Gasteiger partial charge in [0.1, 0.15) is 0 Å². The van der Waals surface area contributed by atoms with E-state index in [1.807, 2.05) is 5.32 Å². The fourth-order valence-corrected chi connectivity index (χ4v) is 2.54. The van der Waals surface area contributed by atoms with Gasteiger partial charge in [0.25, 0.3) is 23.5 Å². The molecule has 3 rings (SSSR count). The lowest BCUT2D eigenvalue weighted by atomic mass is 9.97. The van der Waals surface area contributed by atoms with Crippen LogP contribution in [0.3, 0.4) is 0 Å². The topological polar surface area (TPSA) is 135 Å². The van der Waals surface area contributed by atoms with Gasteiger partial charge in [0.05, 0.1) is 5.56 Å². The number of imide groups is 1. The Bertz CT molecular complexity index is 899. The van der Waals surface area contributed by atoms with E-state index in [9.17, 15) is 29.3 Å². The van der Waals surface area contributed by atoms with E-state index >= 15 is 0 Å². The molecule has 9 nitrogen and oxygen atoms in total. The van der Waals surface area contributed by atoms with Crippen molar-refractivity contribution in [2.24, 2.45) is 0 Å². The lowest BCUT2D eigenvalue weighted by Gasteiger charge is -2.16. The molecule has 3 amide bonds. The number of hydrogen-bond donors (Lipinski definition) is 2.